The lowest BCUT2D eigenvalue weighted by Gasteiger charge is -2.05. The first-order chi connectivity index (χ1) is 8.75. The molecule has 96 valence electrons. The zero-order valence-corrected chi connectivity index (χ0v) is 10.9. The highest BCUT2D eigenvalue weighted by Crippen LogP contribution is 2.11. The lowest BCUT2D eigenvalue weighted by atomic mass is 10.2. The van der Waals surface area contributed by atoms with Gasteiger partial charge in [-0.3, -0.25) is 0 Å². The molecule has 0 fully saturated rings. The van der Waals surface area contributed by atoms with Gasteiger partial charge in [0.25, 0.3) is 0 Å². The van der Waals surface area contributed by atoms with Crippen LogP contribution in [0.25, 0.3) is 11.4 Å². The van der Waals surface area contributed by atoms with Crippen molar-refractivity contribution < 1.29 is 0 Å². The number of hydrogen-bond donors (Lipinski definition) is 1. The van der Waals surface area contributed by atoms with Crippen molar-refractivity contribution in [1.82, 2.24) is 25.5 Å². The van der Waals surface area contributed by atoms with Crippen LogP contribution in [0.3, 0.4) is 0 Å². The van der Waals surface area contributed by atoms with Crippen LogP contribution in [0.1, 0.15) is 13.8 Å². The molecule has 5 nitrogen and oxygen atoms in total. The van der Waals surface area contributed by atoms with Gasteiger partial charge in [0.15, 0.2) is 0 Å². The minimum atomic E-state index is 0.661. The third kappa shape index (κ3) is 3.63. The zero-order valence-electron chi connectivity index (χ0n) is 10.9. The Labute approximate surface area is 107 Å². The number of hydrogen-bond acceptors (Lipinski definition) is 4. The molecule has 1 aromatic carbocycles. The third-order valence-corrected chi connectivity index (χ3v) is 2.53. The molecule has 0 unspecified atom stereocenters. The molecule has 0 aliphatic rings. The molecular weight excluding hydrogens is 226 g/mol. The summed E-state index contributed by atoms with van der Waals surface area (Å²) in [7, 11) is 0. The average molecular weight is 245 g/mol. The molecular formula is C13H19N5. The summed E-state index contributed by atoms with van der Waals surface area (Å²) in [6.45, 7) is 7.00. The van der Waals surface area contributed by atoms with Crippen molar-refractivity contribution in [2.45, 2.75) is 20.4 Å². The number of nitrogens with one attached hydrogen (secondary N) is 1. The van der Waals surface area contributed by atoms with Gasteiger partial charge in [0, 0.05) is 12.1 Å². The summed E-state index contributed by atoms with van der Waals surface area (Å²) in [5, 5.41) is 15.8. The van der Waals surface area contributed by atoms with E-state index < -0.39 is 0 Å². The molecule has 2 aromatic rings. The van der Waals surface area contributed by atoms with Crippen LogP contribution in [-0.2, 0) is 6.54 Å². The summed E-state index contributed by atoms with van der Waals surface area (Å²) >= 11 is 0. The van der Waals surface area contributed by atoms with Gasteiger partial charge in [0.2, 0.25) is 5.82 Å². The van der Waals surface area contributed by atoms with E-state index in [1.54, 1.807) is 4.80 Å². The molecule has 0 saturated carbocycles. The van der Waals surface area contributed by atoms with Crippen molar-refractivity contribution in [3.63, 3.8) is 0 Å². The Kier molecular flexibility index (Phi) is 4.41. The molecule has 18 heavy (non-hydrogen) atoms. The molecule has 0 atom stereocenters. The molecule has 0 spiro atoms. The normalized spacial score (nSPS) is 11.1. The quantitative estimate of drug-likeness (QED) is 0.785. The number of rotatable bonds is 6. The molecule has 5 heteroatoms. The van der Waals surface area contributed by atoms with Crippen LogP contribution in [0.4, 0.5) is 0 Å². The topological polar surface area (TPSA) is 55.6 Å². The monoisotopic (exact) mass is 245 g/mol. The summed E-state index contributed by atoms with van der Waals surface area (Å²) in [5.41, 5.74) is 0.999. The third-order valence-electron chi connectivity index (χ3n) is 2.53. The van der Waals surface area contributed by atoms with Gasteiger partial charge in [-0.2, -0.15) is 4.80 Å². The SMILES string of the molecule is CC(C)CNCCn1nnc(-c2ccccc2)n1. The van der Waals surface area contributed by atoms with Crippen molar-refractivity contribution in [2.75, 3.05) is 13.1 Å². The maximum atomic E-state index is 4.35. The predicted octanol–water partition coefficient (Wildman–Crippen LogP) is 1.59. The van der Waals surface area contributed by atoms with Crippen molar-refractivity contribution in [2.24, 2.45) is 5.92 Å². The second kappa shape index (κ2) is 6.26. The van der Waals surface area contributed by atoms with Gasteiger partial charge in [0.1, 0.15) is 0 Å². The summed E-state index contributed by atoms with van der Waals surface area (Å²) in [6, 6.07) is 9.89. The summed E-state index contributed by atoms with van der Waals surface area (Å²) in [4.78, 5) is 1.63. The van der Waals surface area contributed by atoms with Crippen LogP contribution in [-0.4, -0.2) is 33.3 Å². The van der Waals surface area contributed by atoms with Crippen LogP contribution in [0.5, 0.6) is 0 Å². The van der Waals surface area contributed by atoms with Gasteiger partial charge >= 0.3 is 0 Å². The maximum absolute atomic E-state index is 4.35. The zero-order chi connectivity index (χ0) is 12.8. The van der Waals surface area contributed by atoms with Crippen molar-refractivity contribution in [3.05, 3.63) is 30.3 Å². The Morgan fingerprint density at radius 3 is 2.72 bits per heavy atom. The fraction of sp³-hybridized carbons (Fsp3) is 0.462. The molecule has 1 aromatic heterocycles. The molecule has 1 heterocycles. The Balaban J connectivity index is 1.87. The van der Waals surface area contributed by atoms with E-state index in [0.717, 1.165) is 25.2 Å². The van der Waals surface area contributed by atoms with Gasteiger partial charge in [-0.15, -0.1) is 10.2 Å². The first kappa shape index (κ1) is 12.7. The van der Waals surface area contributed by atoms with E-state index in [9.17, 15) is 0 Å². The Morgan fingerprint density at radius 2 is 2.00 bits per heavy atom. The fourth-order valence-corrected chi connectivity index (χ4v) is 1.61. The van der Waals surface area contributed by atoms with Gasteiger partial charge in [-0.25, -0.2) is 0 Å². The second-order valence-electron chi connectivity index (χ2n) is 4.67. The number of tetrazole rings is 1. The minimum Gasteiger partial charge on any atom is -0.315 e. The molecule has 0 aliphatic carbocycles. The van der Waals surface area contributed by atoms with Crippen LogP contribution in [0, 0.1) is 5.92 Å². The maximum Gasteiger partial charge on any atom is 0.204 e. The van der Waals surface area contributed by atoms with Gasteiger partial charge in [-0.05, 0) is 17.7 Å². The van der Waals surface area contributed by atoms with E-state index in [2.05, 4.69) is 34.6 Å². The van der Waals surface area contributed by atoms with Gasteiger partial charge in [-0.1, -0.05) is 44.2 Å². The fourth-order valence-electron chi connectivity index (χ4n) is 1.61. The molecule has 0 radical (unpaired) electrons. The van der Waals surface area contributed by atoms with Gasteiger partial charge < -0.3 is 5.32 Å². The van der Waals surface area contributed by atoms with Crippen molar-refractivity contribution in [3.8, 4) is 11.4 Å². The van der Waals surface area contributed by atoms with E-state index in [4.69, 9.17) is 0 Å². The highest BCUT2D eigenvalue weighted by Gasteiger charge is 2.04. The first-order valence-corrected chi connectivity index (χ1v) is 6.29. The Bertz CT molecular complexity index is 463. The average Bonchev–Trinajstić information content (AvgIpc) is 2.84. The number of aromatic nitrogens is 4. The smallest absolute Gasteiger partial charge is 0.204 e. The number of benzene rings is 1. The number of nitrogens with zero attached hydrogens (tertiary/aromatic N) is 4. The molecule has 0 bridgehead atoms. The van der Waals surface area contributed by atoms with Crippen LogP contribution < -0.4 is 5.32 Å². The van der Waals surface area contributed by atoms with E-state index in [1.807, 2.05) is 30.3 Å². The predicted molar refractivity (Wildman–Crippen MR) is 71.0 cm³/mol. The standard InChI is InChI=1S/C13H19N5/c1-11(2)10-14-8-9-18-16-13(15-17-18)12-6-4-3-5-7-12/h3-7,11,14H,8-10H2,1-2H3. The van der Waals surface area contributed by atoms with Crippen molar-refractivity contribution in [1.29, 1.82) is 0 Å². The molecule has 1 N–H and O–H groups in total. The van der Waals surface area contributed by atoms with Crippen molar-refractivity contribution >= 4 is 0 Å². The minimum absolute atomic E-state index is 0.661. The molecule has 0 amide bonds. The molecule has 2 rings (SSSR count). The summed E-state index contributed by atoms with van der Waals surface area (Å²) in [5.74, 6) is 1.34. The van der Waals surface area contributed by atoms with E-state index in [-0.39, 0.29) is 0 Å². The van der Waals surface area contributed by atoms with E-state index in [1.165, 1.54) is 0 Å². The first-order valence-electron chi connectivity index (χ1n) is 6.29. The lowest BCUT2D eigenvalue weighted by Crippen LogP contribution is -2.24. The highest BCUT2D eigenvalue weighted by molar-refractivity contribution is 5.52. The lowest BCUT2D eigenvalue weighted by molar-refractivity contribution is 0.469. The Morgan fingerprint density at radius 1 is 1.22 bits per heavy atom. The van der Waals surface area contributed by atoms with Crippen LogP contribution >= 0.6 is 0 Å². The molecule has 0 saturated heterocycles. The van der Waals surface area contributed by atoms with Crippen LogP contribution in [0.2, 0.25) is 0 Å². The van der Waals surface area contributed by atoms with E-state index >= 15 is 0 Å². The Hall–Kier alpha value is -1.75. The highest BCUT2D eigenvalue weighted by atomic mass is 15.6. The summed E-state index contributed by atoms with van der Waals surface area (Å²) in [6.07, 6.45) is 0. The molecule has 0 aliphatic heterocycles. The van der Waals surface area contributed by atoms with Gasteiger partial charge in [0.05, 0.1) is 6.54 Å². The van der Waals surface area contributed by atoms with E-state index in [0.29, 0.717) is 11.7 Å². The van der Waals surface area contributed by atoms with Crippen LogP contribution in [0.15, 0.2) is 30.3 Å². The summed E-state index contributed by atoms with van der Waals surface area (Å²) < 4.78 is 0. The second-order valence-corrected chi connectivity index (χ2v) is 4.67. The largest absolute Gasteiger partial charge is 0.315 e.